The first-order valence-electron chi connectivity index (χ1n) is 10.5. The molecule has 0 aliphatic carbocycles. The van der Waals surface area contributed by atoms with Crippen LogP contribution in [0.15, 0.2) is 0 Å². The van der Waals surface area contributed by atoms with Crippen molar-refractivity contribution in [2.45, 2.75) is 62.0 Å². The van der Waals surface area contributed by atoms with Crippen LogP contribution in [0.1, 0.15) is 53.4 Å². The Balaban J connectivity index is -0.000000471. The van der Waals surface area contributed by atoms with Crippen LogP contribution in [0.25, 0.3) is 0 Å². The van der Waals surface area contributed by atoms with Gasteiger partial charge in [0, 0.05) is 17.7 Å². The smallest absolute Gasteiger partial charge is 0.550 e. The predicted octanol–water partition coefficient (Wildman–Crippen LogP) is 0.888. The van der Waals surface area contributed by atoms with Crippen molar-refractivity contribution in [2.75, 3.05) is 41.6 Å². The molecule has 0 saturated carbocycles. The van der Waals surface area contributed by atoms with Gasteiger partial charge in [-0.15, -0.1) is 47.0 Å². The van der Waals surface area contributed by atoms with E-state index in [0.717, 1.165) is 29.4 Å². The van der Waals surface area contributed by atoms with E-state index in [0.29, 0.717) is 25.0 Å². The van der Waals surface area contributed by atoms with Gasteiger partial charge in [-0.1, -0.05) is 23.4 Å². The summed E-state index contributed by atoms with van der Waals surface area (Å²) in [6, 6.07) is 0. The van der Waals surface area contributed by atoms with Crippen molar-refractivity contribution in [3.63, 3.8) is 0 Å². The molecule has 0 atom stereocenters. The number of hydrogen-bond donors (Lipinski definition) is 1. The van der Waals surface area contributed by atoms with Crippen molar-refractivity contribution in [3.8, 4) is 0 Å². The summed E-state index contributed by atoms with van der Waals surface area (Å²) < 4.78 is 9.30. The van der Waals surface area contributed by atoms with Gasteiger partial charge in [0.1, 0.15) is 4.58 Å². The summed E-state index contributed by atoms with van der Waals surface area (Å²) in [6.45, 7) is 4.45. The third kappa shape index (κ3) is 19.5. The normalized spacial score (nSPS) is 16.3. The van der Waals surface area contributed by atoms with Gasteiger partial charge in [-0.2, -0.15) is 0 Å². The van der Waals surface area contributed by atoms with Gasteiger partial charge in [-0.25, -0.2) is 9.59 Å². The van der Waals surface area contributed by atoms with Crippen LogP contribution in [-0.2, 0) is 28.7 Å². The fraction of sp³-hybridized carbons (Fsp3) is 0.810. The van der Waals surface area contributed by atoms with Crippen LogP contribution in [0.3, 0.4) is 0 Å². The van der Waals surface area contributed by atoms with Gasteiger partial charge in [0.05, 0.1) is 13.2 Å². The standard InChI is InChI=1S/C10H16O4S2.C7H12O2S2.C3H5BrO2.CH4.Na/c1-2-14-9(13)10(5-4-8(11)12)15-6-3-7-16-10;1-2-9-6(8)7-10-4-3-5-11-7;4-2-1-3(5)6;;/h2-7H2,1H3,(H,11,12);7H,2-5H2,1H3;1-2H2,(H,5,6);1H4;/q;;;;+1/p-1. The van der Waals surface area contributed by atoms with Crippen molar-refractivity contribution >= 4 is 86.9 Å². The van der Waals surface area contributed by atoms with Gasteiger partial charge < -0.3 is 24.5 Å². The Labute approximate surface area is 256 Å². The molecule has 1 N–H and O–H groups in total. The van der Waals surface area contributed by atoms with Gasteiger partial charge in [-0.3, -0.25) is 4.79 Å². The Kier molecular flexibility index (Phi) is 28.8. The van der Waals surface area contributed by atoms with E-state index in [1.165, 1.54) is 29.9 Å². The van der Waals surface area contributed by atoms with Gasteiger partial charge >= 0.3 is 47.5 Å². The number of aliphatic carboxylic acids is 2. The van der Waals surface area contributed by atoms with Crippen LogP contribution in [0.2, 0.25) is 0 Å². The molecule has 200 valence electrons. The average molecular weight is 648 g/mol. The van der Waals surface area contributed by atoms with E-state index in [4.69, 9.17) is 14.6 Å². The number of esters is 2. The van der Waals surface area contributed by atoms with Gasteiger partial charge in [0.2, 0.25) is 0 Å². The summed E-state index contributed by atoms with van der Waals surface area (Å²) in [5.41, 5.74) is 0. The number of carboxylic acids is 2. The first-order chi connectivity index (χ1) is 15.7. The molecule has 0 radical (unpaired) electrons. The predicted molar refractivity (Wildman–Crippen MR) is 146 cm³/mol. The molecule has 2 aliphatic rings. The van der Waals surface area contributed by atoms with Crippen molar-refractivity contribution in [3.05, 3.63) is 0 Å². The summed E-state index contributed by atoms with van der Waals surface area (Å²) in [7, 11) is 0. The first-order valence-corrected chi connectivity index (χ1v) is 15.7. The van der Waals surface area contributed by atoms with E-state index < -0.39 is 16.0 Å². The SMILES string of the molecule is C.CCOC(=O)C1(CCC(=O)O)SCCCS1.CCOC(=O)C1SCCCS1.O=C([O-])CCBr.[Na+]. The molecule has 0 spiro atoms. The molecule has 2 rings (SSSR count). The minimum absolute atomic E-state index is 0. The van der Waals surface area contributed by atoms with Gasteiger partial charge in [0.15, 0.2) is 4.08 Å². The van der Waals surface area contributed by atoms with Gasteiger partial charge in [-0.05, 0) is 62.5 Å². The second-order valence-corrected chi connectivity index (χ2v) is 13.0. The Morgan fingerprint density at radius 1 is 0.971 bits per heavy atom. The summed E-state index contributed by atoms with van der Waals surface area (Å²) in [4.78, 5) is 43.1. The molecule has 14 heteroatoms. The number of hydrogen-bond acceptors (Lipinski definition) is 11. The summed E-state index contributed by atoms with van der Waals surface area (Å²) >= 11 is 9.38. The molecule has 8 nitrogen and oxygen atoms in total. The number of thioether (sulfide) groups is 4. The fourth-order valence-electron chi connectivity index (χ4n) is 2.36. The number of halogens is 1. The molecule has 0 aromatic carbocycles. The van der Waals surface area contributed by atoms with Crippen LogP contribution in [-0.4, -0.2) is 79.2 Å². The van der Waals surface area contributed by atoms with Crippen molar-refractivity contribution in [1.82, 2.24) is 0 Å². The molecular formula is C21H36BrNaO8S4. The van der Waals surface area contributed by atoms with Crippen molar-refractivity contribution in [1.29, 1.82) is 0 Å². The molecular weight excluding hydrogens is 611 g/mol. The van der Waals surface area contributed by atoms with Crippen LogP contribution in [0, 0.1) is 0 Å². The van der Waals surface area contributed by atoms with E-state index in [1.807, 2.05) is 6.92 Å². The molecule has 0 bridgehead atoms. The third-order valence-electron chi connectivity index (χ3n) is 3.82. The molecule has 0 aromatic heterocycles. The van der Waals surface area contributed by atoms with Crippen molar-refractivity contribution in [2.24, 2.45) is 0 Å². The Bertz CT molecular complexity index is 604. The summed E-state index contributed by atoms with van der Waals surface area (Å²) in [6.07, 6.45) is 2.73. The number of carbonyl (C=O) groups excluding carboxylic acids is 3. The molecule has 35 heavy (non-hydrogen) atoms. The number of rotatable bonds is 9. The fourth-order valence-corrected chi connectivity index (χ4v) is 8.39. The quantitative estimate of drug-likeness (QED) is 0.217. The minimum Gasteiger partial charge on any atom is -0.550 e. The van der Waals surface area contributed by atoms with E-state index in [1.54, 1.807) is 30.4 Å². The van der Waals surface area contributed by atoms with Crippen LogP contribution in [0.5, 0.6) is 0 Å². The third-order valence-corrected chi connectivity index (χ3v) is 10.4. The molecule has 2 fully saturated rings. The van der Waals surface area contributed by atoms with E-state index in [9.17, 15) is 24.3 Å². The molecule has 2 aliphatic heterocycles. The molecule has 2 heterocycles. The number of ether oxygens (including phenoxy) is 2. The topological polar surface area (TPSA) is 130 Å². The average Bonchev–Trinajstić information content (AvgIpc) is 2.80. The van der Waals surface area contributed by atoms with E-state index in [-0.39, 0.29) is 66.3 Å². The maximum Gasteiger partial charge on any atom is 1.00 e. The summed E-state index contributed by atoms with van der Waals surface area (Å²) in [5, 5.41) is 18.6. The molecule has 2 saturated heterocycles. The van der Waals surface area contributed by atoms with Crippen LogP contribution >= 0.6 is 63.0 Å². The zero-order valence-corrected chi connectivity index (χ0v) is 26.7. The first kappa shape index (κ1) is 40.3. The Hall–Kier alpha value is 0.760. The van der Waals surface area contributed by atoms with Crippen LogP contribution in [0.4, 0.5) is 0 Å². The Morgan fingerprint density at radius 2 is 1.49 bits per heavy atom. The zero-order valence-electron chi connectivity index (χ0n) is 19.9. The largest absolute Gasteiger partial charge is 1.00 e. The maximum absolute atomic E-state index is 11.9. The number of carbonyl (C=O) groups is 4. The maximum atomic E-state index is 11.9. The minimum atomic E-state index is -1.01. The number of alkyl halides is 1. The zero-order chi connectivity index (χ0) is 25.1. The summed E-state index contributed by atoms with van der Waals surface area (Å²) in [5.74, 6) is 1.78. The van der Waals surface area contributed by atoms with Crippen molar-refractivity contribution < 1.29 is 68.4 Å². The van der Waals surface area contributed by atoms with E-state index in [2.05, 4.69) is 15.9 Å². The van der Waals surface area contributed by atoms with Crippen LogP contribution < -0.4 is 34.7 Å². The molecule has 0 aromatic rings. The Morgan fingerprint density at radius 3 is 1.89 bits per heavy atom. The van der Waals surface area contributed by atoms with Gasteiger partial charge in [0.25, 0.3) is 0 Å². The molecule has 0 unspecified atom stereocenters. The number of carboxylic acid groups (broad SMARTS) is 2. The molecule has 0 amide bonds. The second kappa shape index (κ2) is 25.1. The second-order valence-electron chi connectivity index (χ2n) is 6.41. The monoisotopic (exact) mass is 646 g/mol. The van der Waals surface area contributed by atoms with E-state index >= 15 is 0 Å².